The second-order valence-electron chi connectivity index (χ2n) is 5.87. The first-order valence-corrected chi connectivity index (χ1v) is 8.99. The van der Waals surface area contributed by atoms with Crippen LogP contribution >= 0.6 is 8.03 Å². The minimum absolute atomic E-state index is 0.102. The third-order valence-electron chi connectivity index (χ3n) is 4.56. The minimum Gasteiger partial charge on any atom is -0.481 e. The van der Waals surface area contributed by atoms with Crippen LogP contribution in [-0.2, 0) is 20.5 Å². The van der Waals surface area contributed by atoms with E-state index in [9.17, 15) is 19.4 Å². The fraction of sp³-hybridized carbons (Fsp3) is 0.562. The maximum absolute atomic E-state index is 12.1. The molecule has 1 aliphatic heterocycles. The summed E-state index contributed by atoms with van der Waals surface area (Å²) in [5, 5.41) is 8.07. The third kappa shape index (κ3) is 3.60. The number of benzene rings is 1. The van der Waals surface area contributed by atoms with Crippen molar-refractivity contribution in [3.05, 3.63) is 35.9 Å². The smallest absolute Gasteiger partial charge is 0.306 e. The number of carboxylic acids is 1. The van der Waals surface area contributed by atoms with Gasteiger partial charge in [0.15, 0.2) is 0 Å². The van der Waals surface area contributed by atoms with Crippen LogP contribution < -0.4 is 0 Å². The zero-order valence-corrected chi connectivity index (χ0v) is 13.7. The number of rotatable bonds is 7. The van der Waals surface area contributed by atoms with E-state index in [1.807, 2.05) is 30.3 Å². The minimum atomic E-state index is -3.01. The van der Waals surface area contributed by atoms with Gasteiger partial charge in [-0.15, -0.1) is 0 Å². The van der Waals surface area contributed by atoms with E-state index in [1.54, 1.807) is 6.92 Å². The summed E-state index contributed by atoms with van der Waals surface area (Å²) in [5.41, 5.74) is 1.08. The fourth-order valence-electron chi connectivity index (χ4n) is 3.22. The van der Waals surface area contributed by atoms with Crippen LogP contribution in [0.25, 0.3) is 0 Å². The molecule has 1 saturated heterocycles. The summed E-state index contributed by atoms with van der Waals surface area (Å²) in [5.74, 6) is -1.71. The van der Waals surface area contributed by atoms with Crippen molar-refractivity contribution < 1.29 is 24.1 Å². The molecule has 1 aromatic rings. The Morgan fingerprint density at radius 1 is 1.45 bits per heavy atom. The molecule has 22 heavy (non-hydrogen) atoms. The van der Waals surface area contributed by atoms with Gasteiger partial charge in [-0.25, -0.2) is 0 Å². The van der Waals surface area contributed by atoms with Gasteiger partial charge < -0.3 is 14.7 Å². The topological polar surface area (TPSA) is 83.8 Å². The zero-order valence-electron chi connectivity index (χ0n) is 12.7. The summed E-state index contributed by atoms with van der Waals surface area (Å²) in [6.07, 6.45) is 1.84. The molecular formula is C16H23O5P. The molecule has 0 spiro atoms. The lowest BCUT2D eigenvalue weighted by Gasteiger charge is -2.33. The van der Waals surface area contributed by atoms with Crippen molar-refractivity contribution in [2.45, 2.75) is 37.9 Å². The van der Waals surface area contributed by atoms with Gasteiger partial charge in [-0.1, -0.05) is 37.3 Å². The van der Waals surface area contributed by atoms with Crippen molar-refractivity contribution in [1.29, 1.82) is 0 Å². The van der Waals surface area contributed by atoms with Crippen LogP contribution in [0.15, 0.2) is 30.3 Å². The van der Waals surface area contributed by atoms with Crippen molar-refractivity contribution in [2.24, 2.45) is 11.8 Å². The Kier molecular flexibility index (Phi) is 5.79. The molecule has 6 heteroatoms. The van der Waals surface area contributed by atoms with Crippen molar-refractivity contribution in [3.63, 3.8) is 0 Å². The molecule has 0 amide bonds. The van der Waals surface area contributed by atoms with Crippen LogP contribution in [0.2, 0.25) is 0 Å². The molecule has 2 rings (SSSR count). The first-order chi connectivity index (χ1) is 10.5. The second kappa shape index (κ2) is 7.40. The standard InChI is InChI=1S/C16H23O5P/c1-2-13(15(17)18)11-16(22(19)20)14(8-9-21-16)10-12-6-4-3-5-7-12/h3-7,13-14,22H,2,8-11H2,1H3,(H,17,18)(H,19,20). The average molecular weight is 326 g/mol. The molecule has 122 valence electrons. The van der Waals surface area contributed by atoms with Crippen LogP contribution in [0, 0.1) is 11.8 Å². The quantitative estimate of drug-likeness (QED) is 0.753. The highest BCUT2D eigenvalue weighted by atomic mass is 31.1. The lowest BCUT2D eigenvalue weighted by Crippen LogP contribution is -2.37. The lowest BCUT2D eigenvalue weighted by molar-refractivity contribution is -0.143. The fourth-order valence-corrected chi connectivity index (χ4v) is 4.46. The van der Waals surface area contributed by atoms with Crippen LogP contribution in [0.3, 0.4) is 0 Å². The van der Waals surface area contributed by atoms with Gasteiger partial charge in [0, 0.05) is 12.5 Å². The average Bonchev–Trinajstić information content (AvgIpc) is 2.89. The molecule has 2 N–H and O–H groups in total. The summed E-state index contributed by atoms with van der Waals surface area (Å²) < 4.78 is 17.8. The SMILES string of the molecule is CCC(CC1([PH](=O)O)OCCC1Cc1ccccc1)C(=O)O. The van der Waals surface area contributed by atoms with E-state index in [1.165, 1.54) is 0 Å². The predicted molar refractivity (Wildman–Crippen MR) is 84.2 cm³/mol. The maximum atomic E-state index is 12.1. The Morgan fingerprint density at radius 2 is 2.14 bits per heavy atom. The normalized spacial score (nSPS) is 27.5. The van der Waals surface area contributed by atoms with Gasteiger partial charge in [-0.05, 0) is 31.2 Å². The third-order valence-corrected chi connectivity index (χ3v) is 6.04. The van der Waals surface area contributed by atoms with Gasteiger partial charge >= 0.3 is 5.97 Å². The Balaban J connectivity index is 2.24. The van der Waals surface area contributed by atoms with Crippen molar-refractivity contribution in [1.82, 2.24) is 0 Å². The Bertz CT molecular complexity index is 533. The Morgan fingerprint density at radius 3 is 2.68 bits per heavy atom. The summed E-state index contributed by atoms with van der Waals surface area (Å²) in [6.45, 7) is 2.19. The monoisotopic (exact) mass is 326 g/mol. The molecule has 0 aromatic heterocycles. The highest BCUT2D eigenvalue weighted by molar-refractivity contribution is 7.39. The van der Waals surface area contributed by atoms with Gasteiger partial charge in [0.25, 0.3) is 0 Å². The number of carbonyl (C=O) groups is 1. The molecule has 0 aliphatic carbocycles. The van der Waals surface area contributed by atoms with Crippen LogP contribution in [0.5, 0.6) is 0 Å². The Hall–Kier alpha value is -1.16. The van der Waals surface area contributed by atoms with E-state index in [-0.39, 0.29) is 12.3 Å². The molecule has 5 nitrogen and oxygen atoms in total. The second-order valence-corrected chi connectivity index (χ2v) is 7.32. The number of ether oxygens (including phenoxy) is 1. The molecule has 4 atom stereocenters. The van der Waals surface area contributed by atoms with Crippen molar-refractivity contribution >= 4 is 14.0 Å². The van der Waals surface area contributed by atoms with Crippen LogP contribution in [0.1, 0.15) is 31.7 Å². The number of aliphatic carboxylic acids is 1. The van der Waals surface area contributed by atoms with Crippen molar-refractivity contribution in [3.8, 4) is 0 Å². The molecule has 1 fully saturated rings. The van der Waals surface area contributed by atoms with E-state index in [4.69, 9.17) is 4.74 Å². The van der Waals surface area contributed by atoms with Gasteiger partial charge in [0.1, 0.15) is 5.34 Å². The molecule has 1 heterocycles. The highest BCUT2D eigenvalue weighted by Gasteiger charge is 2.50. The van der Waals surface area contributed by atoms with E-state index in [2.05, 4.69) is 0 Å². The highest BCUT2D eigenvalue weighted by Crippen LogP contribution is 2.53. The molecule has 0 saturated carbocycles. The summed E-state index contributed by atoms with van der Waals surface area (Å²) in [7, 11) is -3.01. The van der Waals surface area contributed by atoms with E-state index in [0.717, 1.165) is 5.56 Å². The molecule has 1 aliphatic rings. The molecule has 1 aromatic carbocycles. The summed E-state index contributed by atoms with van der Waals surface area (Å²) in [4.78, 5) is 21.2. The molecule has 0 bridgehead atoms. The van der Waals surface area contributed by atoms with E-state index >= 15 is 0 Å². The Labute approximate surface area is 131 Å². The van der Waals surface area contributed by atoms with Gasteiger partial charge in [0.2, 0.25) is 8.03 Å². The molecule has 0 radical (unpaired) electrons. The van der Waals surface area contributed by atoms with Gasteiger partial charge in [0.05, 0.1) is 5.92 Å². The lowest BCUT2D eigenvalue weighted by atomic mass is 9.86. The number of hydrogen-bond acceptors (Lipinski definition) is 3. The van der Waals surface area contributed by atoms with Gasteiger partial charge in [-0.2, -0.15) is 0 Å². The van der Waals surface area contributed by atoms with Crippen LogP contribution in [0.4, 0.5) is 0 Å². The predicted octanol–water partition coefficient (Wildman–Crippen LogP) is 2.93. The maximum Gasteiger partial charge on any atom is 0.306 e. The zero-order chi connectivity index (χ0) is 16.2. The molecule has 4 unspecified atom stereocenters. The van der Waals surface area contributed by atoms with Gasteiger partial charge in [-0.3, -0.25) is 9.36 Å². The summed E-state index contributed by atoms with van der Waals surface area (Å²) in [6, 6.07) is 9.74. The number of hydrogen-bond donors (Lipinski definition) is 2. The van der Waals surface area contributed by atoms with Crippen LogP contribution in [-0.4, -0.2) is 27.9 Å². The first kappa shape index (κ1) is 17.2. The van der Waals surface area contributed by atoms with E-state index < -0.39 is 25.3 Å². The first-order valence-electron chi connectivity index (χ1n) is 7.63. The molecular weight excluding hydrogens is 303 g/mol. The number of carboxylic acid groups (broad SMARTS) is 1. The van der Waals surface area contributed by atoms with E-state index in [0.29, 0.717) is 25.9 Å². The largest absolute Gasteiger partial charge is 0.481 e. The van der Waals surface area contributed by atoms with Crippen molar-refractivity contribution in [2.75, 3.05) is 6.61 Å². The summed E-state index contributed by atoms with van der Waals surface area (Å²) >= 11 is 0.